The number of halogens is 1. The first-order valence-corrected chi connectivity index (χ1v) is 8.77. The minimum Gasteiger partial charge on any atom is -0.336 e. The molecule has 0 spiro atoms. The summed E-state index contributed by atoms with van der Waals surface area (Å²) >= 11 is 5.94. The number of hydrogen-bond acceptors (Lipinski definition) is 4. The van der Waals surface area contributed by atoms with E-state index in [1.54, 1.807) is 36.7 Å². The molecular weight excluding hydrogens is 348 g/mol. The highest BCUT2D eigenvalue weighted by molar-refractivity contribution is 6.30. The van der Waals surface area contributed by atoms with E-state index in [4.69, 9.17) is 11.6 Å². The number of benzene rings is 2. The molecule has 4 rings (SSSR count). The molecule has 130 valence electrons. The molecule has 1 N–H and O–H groups in total. The van der Waals surface area contributed by atoms with Crippen molar-refractivity contribution in [3.8, 4) is 0 Å². The fraction of sp³-hybridized carbons (Fsp3) is 0.150. The van der Waals surface area contributed by atoms with Gasteiger partial charge in [-0.05, 0) is 35.7 Å². The lowest BCUT2D eigenvalue weighted by molar-refractivity contribution is 0.102. The molecule has 1 aliphatic rings. The van der Waals surface area contributed by atoms with Crippen LogP contribution in [0.3, 0.4) is 0 Å². The van der Waals surface area contributed by atoms with Crippen LogP contribution in [-0.4, -0.2) is 22.4 Å². The van der Waals surface area contributed by atoms with Crippen LogP contribution >= 0.6 is 11.6 Å². The van der Waals surface area contributed by atoms with Gasteiger partial charge in [0.25, 0.3) is 5.91 Å². The van der Waals surface area contributed by atoms with E-state index in [0.717, 1.165) is 19.5 Å². The largest absolute Gasteiger partial charge is 0.336 e. The third-order valence-electron chi connectivity index (χ3n) is 4.40. The molecule has 26 heavy (non-hydrogen) atoms. The molecule has 0 fully saturated rings. The SMILES string of the molecule is O=C(Nc1cccc(Cl)c1)c1cnc(N2CCc3ccccc3C2)nc1. The summed E-state index contributed by atoms with van der Waals surface area (Å²) in [6.45, 7) is 1.65. The lowest BCUT2D eigenvalue weighted by Gasteiger charge is -2.28. The molecule has 0 bridgehead atoms. The zero-order valence-corrected chi connectivity index (χ0v) is 14.8. The molecule has 3 aromatic rings. The van der Waals surface area contributed by atoms with Gasteiger partial charge in [-0.25, -0.2) is 9.97 Å². The Kier molecular flexibility index (Phi) is 4.54. The molecule has 0 unspecified atom stereocenters. The van der Waals surface area contributed by atoms with E-state index < -0.39 is 0 Å². The molecule has 0 aliphatic carbocycles. The monoisotopic (exact) mass is 364 g/mol. The highest BCUT2D eigenvalue weighted by Gasteiger charge is 2.18. The van der Waals surface area contributed by atoms with Crippen molar-refractivity contribution in [2.24, 2.45) is 0 Å². The summed E-state index contributed by atoms with van der Waals surface area (Å²) in [5.74, 6) is 0.376. The predicted octanol–water partition coefficient (Wildman–Crippen LogP) is 3.95. The highest BCUT2D eigenvalue weighted by atomic mass is 35.5. The van der Waals surface area contributed by atoms with Crippen LogP contribution in [0.5, 0.6) is 0 Å². The molecule has 1 aliphatic heterocycles. The first kappa shape index (κ1) is 16.5. The zero-order chi connectivity index (χ0) is 17.9. The van der Waals surface area contributed by atoms with Crippen molar-refractivity contribution in [2.75, 3.05) is 16.8 Å². The first-order chi connectivity index (χ1) is 12.7. The molecule has 6 heteroatoms. The van der Waals surface area contributed by atoms with Crippen LogP contribution in [0, 0.1) is 0 Å². The van der Waals surface area contributed by atoms with E-state index in [1.165, 1.54) is 11.1 Å². The third kappa shape index (κ3) is 3.53. The van der Waals surface area contributed by atoms with Crippen molar-refractivity contribution < 1.29 is 4.79 Å². The first-order valence-electron chi connectivity index (χ1n) is 8.40. The molecule has 2 aromatic carbocycles. The Balaban J connectivity index is 1.46. The Hall–Kier alpha value is -2.92. The molecule has 0 radical (unpaired) electrons. The topological polar surface area (TPSA) is 58.1 Å². The maximum Gasteiger partial charge on any atom is 0.258 e. The van der Waals surface area contributed by atoms with Gasteiger partial charge in [-0.15, -0.1) is 0 Å². The standard InChI is InChI=1S/C20H17ClN4O/c21-17-6-3-7-18(10-17)24-19(26)16-11-22-20(23-12-16)25-9-8-14-4-1-2-5-15(14)13-25/h1-7,10-12H,8-9,13H2,(H,24,26). The van der Waals surface area contributed by atoms with Crippen LogP contribution in [0.15, 0.2) is 60.9 Å². The maximum atomic E-state index is 12.3. The fourth-order valence-electron chi connectivity index (χ4n) is 3.04. The Morgan fingerprint density at radius 2 is 1.81 bits per heavy atom. The van der Waals surface area contributed by atoms with Crippen LogP contribution < -0.4 is 10.2 Å². The number of nitrogens with zero attached hydrogens (tertiary/aromatic N) is 3. The van der Waals surface area contributed by atoms with Crippen LogP contribution in [-0.2, 0) is 13.0 Å². The average Bonchev–Trinajstić information content (AvgIpc) is 2.68. The summed E-state index contributed by atoms with van der Waals surface area (Å²) in [4.78, 5) is 23.2. The number of fused-ring (bicyclic) bond motifs is 1. The Morgan fingerprint density at radius 3 is 2.58 bits per heavy atom. The van der Waals surface area contributed by atoms with E-state index >= 15 is 0 Å². The van der Waals surface area contributed by atoms with Crippen molar-refractivity contribution in [3.05, 3.63) is 82.6 Å². The highest BCUT2D eigenvalue weighted by Crippen LogP contribution is 2.22. The van der Waals surface area contributed by atoms with E-state index in [-0.39, 0.29) is 5.91 Å². The Labute approximate surface area is 156 Å². The average molecular weight is 365 g/mol. The minimum absolute atomic E-state index is 0.261. The minimum atomic E-state index is -0.261. The second-order valence-electron chi connectivity index (χ2n) is 6.18. The number of nitrogens with one attached hydrogen (secondary N) is 1. The van der Waals surface area contributed by atoms with Gasteiger partial charge in [-0.1, -0.05) is 41.9 Å². The summed E-state index contributed by atoms with van der Waals surface area (Å²) < 4.78 is 0. The van der Waals surface area contributed by atoms with Gasteiger partial charge in [-0.2, -0.15) is 0 Å². The van der Waals surface area contributed by atoms with E-state index in [1.807, 2.05) is 6.07 Å². The van der Waals surface area contributed by atoms with Gasteiger partial charge < -0.3 is 10.2 Å². The van der Waals surface area contributed by atoms with E-state index in [9.17, 15) is 4.79 Å². The van der Waals surface area contributed by atoms with Crippen molar-refractivity contribution in [2.45, 2.75) is 13.0 Å². The van der Waals surface area contributed by atoms with E-state index in [0.29, 0.717) is 22.2 Å². The van der Waals surface area contributed by atoms with Crippen LogP contribution in [0.1, 0.15) is 21.5 Å². The van der Waals surface area contributed by atoms with Gasteiger partial charge >= 0.3 is 0 Å². The van der Waals surface area contributed by atoms with Gasteiger partial charge in [0.2, 0.25) is 5.95 Å². The Bertz CT molecular complexity index is 943. The fourth-order valence-corrected chi connectivity index (χ4v) is 3.23. The van der Waals surface area contributed by atoms with Crippen LogP contribution in [0.2, 0.25) is 5.02 Å². The quantitative estimate of drug-likeness (QED) is 0.764. The number of hydrogen-bond donors (Lipinski definition) is 1. The van der Waals surface area contributed by atoms with Crippen LogP contribution in [0.25, 0.3) is 0 Å². The summed E-state index contributed by atoms with van der Waals surface area (Å²) in [6, 6.07) is 15.4. The summed E-state index contributed by atoms with van der Waals surface area (Å²) in [5.41, 5.74) is 3.72. The molecule has 1 aromatic heterocycles. The number of carbonyl (C=O) groups is 1. The molecule has 0 saturated heterocycles. The van der Waals surface area contributed by atoms with Gasteiger partial charge in [0.1, 0.15) is 0 Å². The third-order valence-corrected chi connectivity index (χ3v) is 4.63. The number of rotatable bonds is 3. The maximum absolute atomic E-state index is 12.3. The number of anilines is 2. The Morgan fingerprint density at radius 1 is 1.04 bits per heavy atom. The van der Waals surface area contributed by atoms with Crippen molar-refractivity contribution >= 4 is 29.1 Å². The lowest BCUT2D eigenvalue weighted by atomic mass is 10.0. The molecule has 5 nitrogen and oxygen atoms in total. The zero-order valence-electron chi connectivity index (χ0n) is 14.0. The molecular formula is C20H17ClN4O. The van der Waals surface area contributed by atoms with Gasteiger partial charge in [0.15, 0.2) is 0 Å². The molecule has 0 atom stereocenters. The number of carbonyl (C=O) groups excluding carboxylic acids is 1. The number of aromatic nitrogens is 2. The second-order valence-corrected chi connectivity index (χ2v) is 6.61. The molecule has 0 saturated carbocycles. The van der Waals surface area contributed by atoms with Crippen molar-refractivity contribution in [3.63, 3.8) is 0 Å². The second kappa shape index (κ2) is 7.14. The predicted molar refractivity (Wildman–Crippen MR) is 103 cm³/mol. The normalized spacial score (nSPS) is 13.2. The molecule has 2 heterocycles. The van der Waals surface area contributed by atoms with E-state index in [2.05, 4.69) is 38.4 Å². The smallest absolute Gasteiger partial charge is 0.258 e. The van der Waals surface area contributed by atoms with Gasteiger partial charge in [-0.3, -0.25) is 4.79 Å². The lowest BCUT2D eigenvalue weighted by Crippen LogP contribution is -2.31. The van der Waals surface area contributed by atoms with Crippen LogP contribution in [0.4, 0.5) is 11.6 Å². The number of amides is 1. The van der Waals surface area contributed by atoms with Gasteiger partial charge in [0.05, 0.1) is 5.56 Å². The summed E-state index contributed by atoms with van der Waals surface area (Å²) in [5, 5.41) is 3.36. The summed E-state index contributed by atoms with van der Waals surface area (Å²) in [7, 11) is 0. The molecule has 1 amide bonds. The van der Waals surface area contributed by atoms with Gasteiger partial charge in [0, 0.05) is 36.2 Å². The van der Waals surface area contributed by atoms with Crippen molar-refractivity contribution in [1.29, 1.82) is 0 Å². The summed E-state index contributed by atoms with van der Waals surface area (Å²) in [6.07, 6.45) is 4.09. The van der Waals surface area contributed by atoms with Crippen molar-refractivity contribution in [1.82, 2.24) is 9.97 Å².